The maximum Gasteiger partial charge on any atom is 0.573 e. The lowest BCUT2D eigenvalue weighted by Crippen LogP contribution is -2.24. The number of aromatic nitrogens is 1. The lowest BCUT2D eigenvalue weighted by Gasteiger charge is -2.21. The first kappa shape index (κ1) is 23.7. The zero-order valence-corrected chi connectivity index (χ0v) is 18.1. The second-order valence-corrected chi connectivity index (χ2v) is 7.55. The van der Waals surface area contributed by atoms with Crippen molar-refractivity contribution in [1.82, 2.24) is 4.57 Å². The van der Waals surface area contributed by atoms with Crippen molar-refractivity contribution in [1.29, 1.82) is 0 Å². The van der Waals surface area contributed by atoms with Crippen LogP contribution in [0.25, 0.3) is 11.3 Å². The molecule has 0 spiro atoms. The largest absolute Gasteiger partial charge is 0.573 e. The van der Waals surface area contributed by atoms with Crippen LogP contribution < -0.4 is 10.2 Å². The van der Waals surface area contributed by atoms with Crippen molar-refractivity contribution in [2.24, 2.45) is 0 Å². The van der Waals surface area contributed by atoms with Crippen molar-refractivity contribution in [3.63, 3.8) is 0 Å². The minimum Gasteiger partial charge on any atom is -0.477 e. The average Bonchev–Trinajstić information content (AvgIpc) is 2.69. The van der Waals surface area contributed by atoms with E-state index in [4.69, 9.17) is 23.2 Å². The Bertz CT molecular complexity index is 1240. The molecular weight excluding hydrogens is 470 g/mol. The van der Waals surface area contributed by atoms with Crippen LogP contribution in [0.1, 0.15) is 28.5 Å². The van der Waals surface area contributed by atoms with Gasteiger partial charge in [0.2, 0.25) is 0 Å². The monoisotopic (exact) mass is 485 g/mol. The van der Waals surface area contributed by atoms with Crippen LogP contribution in [0.2, 0.25) is 10.0 Å². The van der Waals surface area contributed by atoms with Gasteiger partial charge in [-0.15, -0.1) is 13.2 Å². The maximum atomic E-state index is 12.8. The highest BCUT2D eigenvalue weighted by atomic mass is 35.5. The molecule has 0 aliphatic heterocycles. The van der Waals surface area contributed by atoms with Gasteiger partial charge in [0.05, 0.1) is 15.7 Å². The Balaban J connectivity index is 2.24. The van der Waals surface area contributed by atoms with E-state index < -0.39 is 29.1 Å². The summed E-state index contributed by atoms with van der Waals surface area (Å²) in [6.45, 7) is 1.95. The van der Waals surface area contributed by atoms with E-state index in [1.54, 1.807) is 17.6 Å². The minimum absolute atomic E-state index is 0.0790. The third-order valence-corrected chi connectivity index (χ3v) is 5.43. The number of aromatic carboxylic acids is 1. The molecule has 0 unspecified atom stereocenters. The van der Waals surface area contributed by atoms with Crippen molar-refractivity contribution in [3.05, 3.63) is 85.6 Å². The molecule has 0 aliphatic rings. The van der Waals surface area contributed by atoms with Gasteiger partial charge in [-0.3, -0.25) is 4.79 Å². The molecule has 0 saturated carbocycles. The number of halogens is 5. The molecule has 10 heteroatoms. The third-order valence-electron chi connectivity index (χ3n) is 4.69. The van der Waals surface area contributed by atoms with Crippen molar-refractivity contribution in [2.45, 2.75) is 26.3 Å². The summed E-state index contributed by atoms with van der Waals surface area (Å²) >= 11 is 12.1. The molecule has 0 saturated heterocycles. The Labute approximate surface area is 190 Å². The Morgan fingerprint density at radius 3 is 2.38 bits per heavy atom. The Morgan fingerprint density at radius 1 is 1.09 bits per heavy atom. The number of ether oxygens (including phenoxy) is 1. The van der Waals surface area contributed by atoms with Crippen LogP contribution in [0.3, 0.4) is 0 Å². The molecule has 5 nitrogen and oxygen atoms in total. The standard InChI is InChI=1S/C22H16Cl2F3NO4/c1-2-28-14(9-12-5-3-4-6-18(12)32-22(25,26)27)11-17(29)19(21(30)31)20(28)13-7-8-15(23)16(24)10-13/h3-8,10-11H,2,9H2,1H3,(H,30,31). The van der Waals surface area contributed by atoms with Crippen molar-refractivity contribution in [3.8, 4) is 17.0 Å². The van der Waals surface area contributed by atoms with Gasteiger partial charge < -0.3 is 14.4 Å². The van der Waals surface area contributed by atoms with Crippen LogP contribution in [0.4, 0.5) is 13.2 Å². The van der Waals surface area contributed by atoms with Gasteiger partial charge in [0, 0.05) is 35.9 Å². The smallest absolute Gasteiger partial charge is 0.477 e. The fourth-order valence-corrected chi connectivity index (χ4v) is 3.72. The number of carbonyl (C=O) groups is 1. The lowest BCUT2D eigenvalue weighted by atomic mass is 10.0. The first-order chi connectivity index (χ1) is 15.0. The topological polar surface area (TPSA) is 68.5 Å². The number of rotatable bonds is 6. The van der Waals surface area contributed by atoms with Gasteiger partial charge in [-0.1, -0.05) is 47.5 Å². The Morgan fingerprint density at radius 2 is 1.78 bits per heavy atom. The number of hydrogen-bond donors (Lipinski definition) is 1. The Hall–Kier alpha value is -2.97. The summed E-state index contributed by atoms with van der Waals surface area (Å²) in [7, 11) is 0. The summed E-state index contributed by atoms with van der Waals surface area (Å²) in [6, 6.07) is 11.1. The van der Waals surface area contributed by atoms with E-state index in [0.717, 1.165) is 6.07 Å². The van der Waals surface area contributed by atoms with E-state index in [-0.39, 0.29) is 34.3 Å². The third kappa shape index (κ3) is 5.08. The fourth-order valence-electron chi connectivity index (χ4n) is 3.42. The van der Waals surface area contributed by atoms with Crippen LogP contribution in [-0.2, 0) is 13.0 Å². The van der Waals surface area contributed by atoms with E-state index in [1.165, 1.54) is 36.4 Å². The molecule has 0 bridgehead atoms. The number of carboxylic acids is 1. The average molecular weight is 486 g/mol. The van der Waals surface area contributed by atoms with Crippen LogP contribution in [0.5, 0.6) is 5.75 Å². The quantitative estimate of drug-likeness (QED) is 0.462. The first-order valence-electron chi connectivity index (χ1n) is 9.31. The number of benzene rings is 2. The minimum atomic E-state index is -4.89. The molecule has 1 N–H and O–H groups in total. The number of pyridine rings is 1. The van der Waals surface area contributed by atoms with Gasteiger partial charge in [0.25, 0.3) is 0 Å². The first-order valence-corrected chi connectivity index (χ1v) is 10.1. The van der Waals surface area contributed by atoms with Crippen LogP contribution >= 0.6 is 23.2 Å². The maximum absolute atomic E-state index is 12.8. The molecule has 0 fully saturated rings. The van der Waals surface area contributed by atoms with Crippen molar-refractivity contribution in [2.75, 3.05) is 0 Å². The molecule has 3 aromatic rings. The summed E-state index contributed by atoms with van der Waals surface area (Å²) in [5.74, 6) is -1.85. The van der Waals surface area contributed by atoms with Crippen LogP contribution in [0, 0.1) is 0 Å². The molecule has 2 aromatic carbocycles. The van der Waals surface area contributed by atoms with Crippen LogP contribution in [0.15, 0.2) is 53.3 Å². The molecule has 0 atom stereocenters. The predicted octanol–water partition coefficient (Wildman–Crippen LogP) is 6.03. The van der Waals surface area contributed by atoms with Gasteiger partial charge in [0.1, 0.15) is 11.3 Å². The molecule has 32 heavy (non-hydrogen) atoms. The van der Waals surface area contributed by atoms with E-state index in [0.29, 0.717) is 11.3 Å². The second-order valence-electron chi connectivity index (χ2n) is 6.73. The van der Waals surface area contributed by atoms with E-state index in [2.05, 4.69) is 4.74 Å². The van der Waals surface area contributed by atoms with Gasteiger partial charge in [0.15, 0.2) is 5.43 Å². The van der Waals surface area contributed by atoms with Gasteiger partial charge in [-0.25, -0.2) is 4.79 Å². The zero-order valence-electron chi connectivity index (χ0n) is 16.5. The number of para-hydroxylation sites is 1. The zero-order chi connectivity index (χ0) is 23.6. The molecular formula is C22H16Cl2F3NO4. The molecule has 0 amide bonds. The lowest BCUT2D eigenvalue weighted by molar-refractivity contribution is -0.274. The molecule has 168 valence electrons. The fraction of sp³-hybridized carbons (Fsp3) is 0.182. The number of nitrogens with zero attached hydrogens (tertiary/aromatic N) is 1. The summed E-state index contributed by atoms with van der Waals surface area (Å²) in [5.41, 5.74) is -0.370. The number of alkyl halides is 3. The summed E-state index contributed by atoms with van der Waals surface area (Å²) in [5, 5.41) is 10.1. The van der Waals surface area contributed by atoms with Gasteiger partial charge >= 0.3 is 12.3 Å². The second kappa shape index (κ2) is 9.26. The highest BCUT2D eigenvalue weighted by Crippen LogP contribution is 2.32. The van der Waals surface area contributed by atoms with Gasteiger partial charge in [-0.2, -0.15) is 0 Å². The molecule has 0 radical (unpaired) electrons. The predicted molar refractivity (Wildman–Crippen MR) is 115 cm³/mol. The van der Waals surface area contributed by atoms with Crippen LogP contribution in [-0.4, -0.2) is 22.0 Å². The molecule has 1 aromatic heterocycles. The van der Waals surface area contributed by atoms with Gasteiger partial charge in [-0.05, 0) is 25.1 Å². The number of hydrogen-bond acceptors (Lipinski definition) is 3. The summed E-state index contributed by atoms with van der Waals surface area (Å²) < 4.78 is 44.1. The molecule has 0 aliphatic carbocycles. The number of carboxylic acid groups (broad SMARTS) is 1. The van der Waals surface area contributed by atoms with Crippen molar-refractivity contribution >= 4 is 29.2 Å². The highest BCUT2D eigenvalue weighted by molar-refractivity contribution is 6.42. The van der Waals surface area contributed by atoms with E-state index >= 15 is 0 Å². The SMILES string of the molecule is CCn1c(Cc2ccccc2OC(F)(F)F)cc(=O)c(C(=O)O)c1-c1ccc(Cl)c(Cl)c1. The highest BCUT2D eigenvalue weighted by Gasteiger charge is 2.32. The summed E-state index contributed by atoms with van der Waals surface area (Å²) in [6.07, 6.45) is -5.00. The normalized spacial score (nSPS) is 11.4. The Kier molecular flexibility index (Phi) is 6.85. The van der Waals surface area contributed by atoms with Crippen molar-refractivity contribution < 1.29 is 27.8 Å². The van der Waals surface area contributed by atoms with E-state index in [9.17, 15) is 27.9 Å². The molecule has 3 rings (SSSR count). The van der Waals surface area contributed by atoms with E-state index in [1.807, 2.05) is 0 Å². The molecule has 1 heterocycles. The summed E-state index contributed by atoms with van der Waals surface area (Å²) in [4.78, 5) is 24.6.